The van der Waals surface area contributed by atoms with Crippen molar-refractivity contribution in [3.63, 3.8) is 0 Å². The molecule has 2 rings (SSSR count). The summed E-state index contributed by atoms with van der Waals surface area (Å²) >= 11 is 3.33. The molecule has 0 spiro atoms. The van der Waals surface area contributed by atoms with Gasteiger partial charge in [0.05, 0.1) is 12.2 Å². The van der Waals surface area contributed by atoms with Crippen LogP contribution >= 0.6 is 15.9 Å². The van der Waals surface area contributed by atoms with Crippen molar-refractivity contribution in [1.82, 2.24) is 0 Å². The Morgan fingerprint density at radius 1 is 1.21 bits per heavy atom. The fraction of sp³-hybridized carbons (Fsp3) is 0.133. The van der Waals surface area contributed by atoms with Gasteiger partial charge in [0.1, 0.15) is 11.6 Å². The molecule has 0 aliphatic heterocycles. The van der Waals surface area contributed by atoms with E-state index in [9.17, 15) is 9.18 Å². The minimum atomic E-state index is -0.365. The fourth-order valence-corrected chi connectivity index (χ4v) is 2.08. The van der Waals surface area contributed by atoms with E-state index in [1.807, 2.05) is 13.0 Å². The van der Waals surface area contributed by atoms with E-state index in [1.54, 1.807) is 12.1 Å². The molecule has 0 N–H and O–H groups in total. The topological polar surface area (TPSA) is 26.3 Å². The number of carbonyl (C=O) groups excluding carboxylic acids is 1. The molecule has 0 saturated heterocycles. The van der Waals surface area contributed by atoms with Crippen LogP contribution in [0.1, 0.15) is 22.8 Å². The van der Waals surface area contributed by atoms with Gasteiger partial charge in [0.25, 0.3) is 0 Å². The molecule has 19 heavy (non-hydrogen) atoms. The third-order valence-corrected chi connectivity index (χ3v) is 3.09. The van der Waals surface area contributed by atoms with Crippen molar-refractivity contribution in [3.05, 3.63) is 63.9 Å². The van der Waals surface area contributed by atoms with Crippen LogP contribution in [0.3, 0.4) is 0 Å². The first-order chi connectivity index (χ1) is 9.11. The summed E-state index contributed by atoms with van der Waals surface area (Å²) in [6.07, 6.45) is 0. The quantitative estimate of drug-likeness (QED) is 0.788. The van der Waals surface area contributed by atoms with Crippen molar-refractivity contribution in [3.8, 4) is 5.75 Å². The maximum Gasteiger partial charge on any atom is 0.196 e. The monoisotopic (exact) mass is 322 g/mol. The second-order valence-corrected chi connectivity index (χ2v) is 4.83. The van der Waals surface area contributed by atoms with Gasteiger partial charge in [-0.25, -0.2) is 4.39 Å². The molecule has 2 aromatic carbocycles. The zero-order valence-corrected chi connectivity index (χ0v) is 11.9. The number of hydrogen-bond donors (Lipinski definition) is 0. The summed E-state index contributed by atoms with van der Waals surface area (Å²) in [5.74, 6) is -0.0272. The van der Waals surface area contributed by atoms with Gasteiger partial charge in [-0.2, -0.15) is 0 Å². The number of rotatable bonds is 4. The maximum absolute atomic E-state index is 12.9. The lowest BCUT2D eigenvalue weighted by molar-refractivity contribution is 0.103. The van der Waals surface area contributed by atoms with Crippen LogP contribution in [0.15, 0.2) is 46.9 Å². The number of halogens is 2. The van der Waals surface area contributed by atoms with E-state index in [4.69, 9.17) is 4.74 Å². The third kappa shape index (κ3) is 3.20. The second kappa shape index (κ2) is 5.97. The Hall–Kier alpha value is -1.68. The van der Waals surface area contributed by atoms with Crippen LogP contribution in [0, 0.1) is 5.82 Å². The summed E-state index contributed by atoms with van der Waals surface area (Å²) < 4.78 is 19.1. The van der Waals surface area contributed by atoms with Crippen LogP contribution < -0.4 is 4.74 Å². The molecule has 0 bridgehead atoms. The van der Waals surface area contributed by atoms with Crippen molar-refractivity contribution in [1.29, 1.82) is 0 Å². The molecular formula is C15H12BrFO2. The highest BCUT2D eigenvalue weighted by Gasteiger charge is 2.15. The lowest BCUT2D eigenvalue weighted by Gasteiger charge is -2.10. The standard InChI is InChI=1S/C15H12BrFO2/c1-2-19-14-8-5-11(16)9-13(14)15(18)10-3-6-12(17)7-4-10/h3-9H,2H2,1H3. The van der Waals surface area contributed by atoms with Gasteiger partial charge in [-0.15, -0.1) is 0 Å². The summed E-state index contributed by atoms with van der Waals surface area (Å²) in [6.45, 7) is 2.33. The summed E-state index contributed by atoms with van der Waals surface area (Å²) in [5, 5.41) is 0. The van der Waals surface area contributed by atoms with E-state index in [1.165, 1.54) is 24.3 Å². The highest BCUT2D eigenvalue weighted by molar-refractivity contribution is 9.10. The van der Waals surface area contributed by atoms with Crippen LogP contribution in [0.25, 0.3) is 0 Å². The van der Waals surface area contributed by atoms with E-state index in [0.29, 0.717) is 23.5 Å². The largest absolute Gasteiger partial charge is 0.493 e. The molecule has 0 aliphatic carbocycles. The lowest BCUT2D eigenvalue weighted by atomic mass is 10.0. The first-order valence-corrected chi connectivity index (χ1v) is 6.63. The molecule has 0 heterocycles. The van der Waals surface area contributed by atoms with Crippen molar-refractivity contribution in [2.75, 3.05) is 6.61 Å². The average molecular weight is 323 g/mol. The molecule has 0 radical (unpaired) electrons. The molecule has 0 aromatic heterocycles. The maximum atomic E-state index is 12.9. The molecule has 4 heteroatoms. The molecule has 0 saturated carbocycles. The number of ketones is 1. The Morgan fingerprint density at radius 2 is 1.89 bits per heavy atom. The molecule has 2 nitrogen and oxygen atoms in total. The lowest BCUT2D eigenvalue weighted by Crippen LogP contribution is -2.05. The summed E-state index contributed by atoms with van der Waals surface area (Å²) in [4.78, 5) is 12.4. The molecule has 98 valence electrons. The summed E-state index contributed by atoms with van der Waals surface area (Å²) in [6, 6.07) is 10.7. The molecule has 0 atom stereocenters. The summed E-state index contributed by atoms with van der Waals surface area (Å²) in [7, 11) is 0. The Labute approximate surface area is 119 Å². The average Bonchev–Trinajstić information content (AvgIpc) is 2.41. The molecule has 0 unspecified atom stereocenters. The highest BCUT2D eigenvalue weighted by Crippen LogP contribution is 2.26. The van der Waals surface area contributed by atoms with Crippen LogP contribution in [-0.4, -0.2) is 12.4 Å². The van der Waals surface area contributed by atoms with Crippen molar-refractivity contribution >= 4 is 21.7 Å². The fourth-order valence-electron chi connectivity index (χ4n) is 1.72. The number of benzene rings is 2. The van der Waals surface area contributed by atoms with Gasteiger partial charge in [0.2, 0.25) is 0 Å². The third-order valence-electron chi connectivity index (χ3n) is 2.59. The van der Waals surface area contributed by atoms with Gasteiger partial charge in [0, 0.05) is 10.0 Å². The highest BCUT2D eigenvalue weighted by atomic mass is 79.9. The van der Waals surface area contributed by atoms with Gasteiger partial charge in [-0.05, 0) is 49.4 Å². The molecule has 0 aliphatic rings. The van der Waals surface area contributed by atoms with E-state index < -0.39 is 0 Å². The molecule has 0 amide bonds. The van der Waals surface area contributed by atoms with Crippen molar-refractivity contribution in [2.24, 2.45) is 0 Å². The number of ether oxygens (including phenoxy) is 1. The Balaban J connectivity index is 2.42. The van der Waals surface area contributed by atoms with Crippen LogP contribution in [0.5, 0.6) is 5.75 Å². The molecule has 2 aromatic rings. The van der Waals surface area contributed by atoms with E-state index in [0.717, 1.165) is 4.47 Å². The first-order valence-electron chi connectivity index (χ1n) is 5.84. The zero-order chi connectivity index (χ0) is 13.8. The van der Waals surface area contributed by atoms with Gasteiger partial charge >= 0.3 is 0 Å². The van der Waals surface area contributed by atoms with Gasteiger partial charge in [-0.3, -0.25) is 4.79 Å². The molecular weight excluding hydrogens is 311 g/mol. The number of carbonyl (C=O) groups is 1. The van der Waals surface area contributed by atoms with E-state index in [-0.39, 0.29) is 11.6 Å². The number of hydrogen-bond acceptors (Lipinski definition) is 2. The normalized spacial score (nSPS) is 10.3. The second-order valence-electron chi connectivity index (χ2n) is 3.91. The van der Waals surface area contributed by atoms with Crippen LogP contribution in [0.4, 0.5) is 4.39 Å². The zero-order valence-electron chi connectivity index (χ0n) is 10.3. The Kier molecular flexibility index (Phi) is 4.32. The minimum absolute atomic E-state index is 0.190. The Morgan fingerprint density at radius 3 is 2.53 bits per heavy atom. The van der Waals surface area contributed by atoms with Gasteiger partial charge < -0.3 is 4.74 Å². The van der Waals surface area contributed by atoms with Crippen LogP contribution in [0.2, 0.25) is 0 Å². The van der Waals surface area contributed by atoms with Gasteiger partial charge in [-0.1, -0.05) is 15.9 Å². The van der Waals surface area contributed by atoms with Crippen molar-refractivity contribution < 1.29 is 13.9 Å². The van der Waals surface area contributed by atoms with Crippen LogP contribution in [-0.2, 0) is 0 Å². The van der Waals surface area contributed by atoms with E-state index in [2.05, 4.69) is 15.9 Å². The van der Waals surface area contributed by atoms with E-state index >= 15 is 0 Å². The summed E-state index contributed by atoms with van der Waals surface area (Å²) in [5.41, 5.74) is 0.892. The molecule has 0 fully saturated rings. The Bertz CT molecular complexity index is 594. The smallest absolute Gasteiger partial charge is 0.196 e. The first kappa shape index (κ1) is 13.7. The van der Waals surface area contributed by atoms with Gasteiger partial charge in [0.15, 0.2) is 5.78 Å². The predicted molar refractivity (Wildman–Crippen MR) is 75.1 cm³/mol. The predicted octanol–water partition coefficient (Wildman–Crippen LogP) is 4.22. The minimum Gasteiger partial charge on any atom is -0.493 e. The van der Waals surface area contributed by atoms with Crippen molar-refractivity contribution in [2.45, 2.75) is 6.92 Å². The SMILES string of the molecule is CCOc1ccc(Br)cc1C(=O)c1ccc(F)cc1.